The van der Waals surface area contributed by atoms with Crippen LogP contribution in [0.3, 0.4) is 0 Å². The van der Waals surface area contributed by atoms with Gasteiger partial charge >= 0.3 is 0 Å². The second-order valence-corrected chi connectivity index (χ2v) is 6.33. The Morgan fingerprint density at radius 1 is 1.10 bits per heavy atom. The molecule has 0 saturated carbocycles. The number of nitrogens with two attached hydrogens (primary N) is 1. The number of benzene rings is 1. The Hall–Kier alpha value is -1.02. The van der Waals surface area contributed by atoms with Crippen molar-refractivity contribution in [2.75, 3.05) is 13.2 Å². The monoisotopic (exact) mass is 291 g/mol. The van der Waals surface area contributed by atoms with E-state index in [0.29, 0.717) is 17.8 Å². The van der Waals surface area contributed by atoms with Crippen molar-refractivity contribution in [3.63, 3.8) is 0 Å². The minimum atomic E-state index is 0.473. The van der Waals surface area contributed by atoms with Crippen LogP contribution in [0.2, 0.25) is 0 Å². The fourth-order valence-electron chi connectivity index (χ4n) is 2.76. The molecule has 0 amide bonds. The first kappa shape index (κ1) is 18.0. The quantitative estimate of drug-likeness (QED) is 0.660. The summed E-state index contributed by atoms with van der Waals surface area (Å²) in [6.45, 7) is 10.5. The van der Waals surface area contributed by atoms with Crippen molar-refractivity contribution in [3.05, 3.63) is 29.8 Å². The molecule has 21 heavy (non-hydrogen) atoms. The number of hydrogen-bond donors (Lipinski definition) is 1. The molecule has 0 bridgehead atoms. The molecule has 120 valence electrons. The second kappa shape index (κ2) is 9.83. The minimum Gasteiger partial charge on any atom is -0.493 e. The Balaban J connectivity index is 2.63. The van der Waals surface area contributed by atoms with E-state index < -0.39 is 0 Å². The summed E-state index contributed by atoms with van der Waals surface area (Å²) in [6, 6.07) is 8.53. The van der Waals surface area contributed by atoms with Gasteiger partial charge in [0, 0.05) is 0 Å². The van der Waals surface area contributed by atoms with E-state index in [9.17, 15) is 0 Å². The number of hydrogen-bond acceptors (Lipinski definition) is 2. The van der Waals surface area contributed by atoms with Gasteiger partial charge in [-0.05, 0) is 54.8 Å². The highest BCUT2D eigenvalue weighted by Gasteiger charge is 2.14. The maximum absolute atomic E-state index is 6.05. The number of rotatable bonds is 10. The molecule has 0 aromatic heterocycles. The van der Waals surface area contributed by atoms with Crippen LogP contribution in [-0.4, -0.2) is 13.2 Å². The van der Waals surface area contributed by atoms with Crippen LogP contribution < -0.4 is 10.5 Å². The first-order valence-corrected chi connectivity index (χ1v) is 8.55. The molecule has 0 fully saturated rings. The summed E-state index contributed by atoms with van der Waals surface area (Å²) in [5.74, 6) is 2.65. The van der Waals surface area contributed by atoms with Crippen LogP contribution in [-0.2, 0) is 0 Å². The lowest BCUT2D eigenvalue weighted by Crippen LogP contribution is -2.17. The van der Waals surface area contributed by atoms with Crippen LogP contribution in [0.5, 0.6) is 5.75 Å². The lowest BCUT2D eigenvalue weighted by molar-refractivity contribution is 0.229. The Labute approximate surface area is 131 Å². The zero-order valence-corrected chi connectivity index (χ0v) is 14.3. The van der Waals surface area contributed by atoms with E-state index in [1.165, 1.54) is 31.2 Å². The van der Waals surface area contributed by atoms with Gasteiger partial charge in [0.25, 0.3) is 0 Å². The van der Waals surface area contributed by atoms with Gasteiger partial charge in [0.2, 0.25) is 0 Å². The predicted molar refractivity (Wildman–Crippen MR) is 91.9 cm³/mol. The Morgan fingerprint density at radius 3 is 2.33 bits per heavy atom. The van der Waals surface area contributed by atoms with E-state index in [0.717, 1.165) is 18.9 Å². The predicted octanol–water partition coefficient (Wildman–Crippen LogP) is 4.98. The highest BCUT2D eigenvalue weighted by molar-refractivity contribution is 5.31. The van der Waals surface area contributed by atoms with Crippen molar-refractivity contribution in [2.24, 2.45) is 17.6 Å². The minimum absolute atomic E-state index is 0.473. The molecule has 0 saturated heterocycles. The molecule has 2 N–H and O–H groups in total. The Kier molecular flexibility index (Phi) is 8.44. The maximum atomic E-state index is 6.05. The van der Waals surface area contributed by atoms with Crippen molar-refractivity contribution in [1.29, 1.82) is 0 Å². The van der Waals surface area contributed by atoms with Gasteiger partial charge in [-0.1, -0.05) is 52.7 Å². The van der Waals surface area contributed by atoms with Crippen molar-refractivity contribution in [3.8, 4) is 5.75 Å². The van der Waals surface area contributed by atoms with Crippen LogP contribution >= 0.6 is 0 Å². The maximum Gasteiger partial charge on any atom is 0.119 e. The lowest BCUT2D eigenvalue weighted by Gasteiger charge is -2.20. The van der Waals surface area contributed by atoms with Crippen molar-refractivity contribution >= 4 is 0 Å². The van der Waals surface area contributed by atoms with Gasteiger partial charge in [0.05, 0.1) is 6.61 Å². The Bertz CT molecular complexity index is 385. The van der Waals surface area contributed by atoms with Crippen molar-refractivity contribution < 1.29 is 4.74 Å². The first-order valence-electron chi connectivity index (χ1n) is 8.55. The molecule has 0 unspecified atom stereocenters. The second-order valence-electron chi connectivity index (χ2n) is 6.33. The van der Waals surface area contributed by atoms with E-state index in [1.54, 1.807) is 0 Å². The molecule has 0 aliphatic heterocycles. The van der Waals surface area contributed by atoms with E-state index >= 15 is 0 Å². The zero-order valence-electron chi connectivity index (χ0n) is 14.3. The van der Waals surface area contributed by atoms with Gasteiger partial charge in [-0.3, -0.25) is 0 Å². The van der Waals surface area contributed by atoms with Gasteiger partial charge in [-0.25, -0.2) is 0 Å². The van der Waals surface area contributed by atoms with Crippen molar-refractivity contribution in [1.82, 2.24) is 0 Å². The lowest BCUT2D eigenvalue weighted by atomic mass is 9.89. The molecule has 1 aromatic carbocycles. The SMILES string of the molecule is CCCC(CCC)COc1cccc([C@H](C)[C@H](C)CN)c1. The fourth-order valence-corrected chi connectivity index (χ4v) is 2.76. The third kappa shape index (κ3) is 6.09. The summed E-state index contributed by atoms with van der Waals surface area (Å²) in [4.78, 5) is 0. The first-order chi connectivity index (χ1) is 10.1. The Morgan fingerprint density at radius 2 is 1.76 bits per heavy atom. The molecule has 2 atom stereocenters. The van der Waals surface area contributed by atoms with Crippen LogP contribution in [0.4, 0.5) is 0 Å². The third-order valence-electron chi connectivity index (χ3n) is 4.49. The van der Waals surface area contributed by atoms with Gasteiger partial charge in [-0.15, -0.1) is 0 Å². The van der Waals surface area contributed by atoms with E-state index in [1.807, 2.05) is 0 Å². The molecule has 1 aromatic rings. The van der Waals surface area contributed by atoms with Gasteiger partial charge in [-0.2, -0.15) is 0 Å². The summed E-state index contributed by atoms with van der Waals surface area (Å²) in [7, 11) is 0. The zero-order chi connectivity index (χ0) is 15.7. The van der Waals surface area contributed by atoms with Gasteiger partial charge in [0.1, 0.15) is 5.75 Å². The standard InChI is InChI=1S/C19H33NO/c1-5-8-17(9-6-2)14-21-19-11-7-10-18(12-19)16(4)15(3)13-20/h7,10-12,15-17H,5-6,8-9,13-14,20H2,1-4H3/t15-,16-/m1/s1. The van der Waals surface area contributed by atoms with Crippen molar-refractivity contribution in [2.45, 2.75) is 59.3 Å². The van der Waals surface area contributed by atoms with Gasteiger partial charge in [0.15, 0.2) is 0 Å². The molecule has 0 aliphatic rings. The normalized spacial score (nSPS) is 14.2. The van der Waals surface area contributed by atoms with Gasteiger partial charge < -0.3 is 10.5 Å². The molecular formula is C19H33NO. The molecule has 2 heteroatoms. The fraction of sp³-hybridized carbons (Fsp3) is 0.684. The smallest absolute Gasteiger partial charge is 0.119 e. The van der Waals surface area contributed by atoms with Crippen LogP contribution in [0.25, 0.3) is 0 Å². The van der Waals surface area contributed by atoms with Crippen LogP contribution in [0.1, 0.15) is 64.9 Å². The number of ether oxygens (including phenoxy) is 1. The largest absolute Gasteiger partial charge is 0.493 e. The molecule has 0 heterocycles. The molecule has 0 aliphatic carbocycles. The topological polar surface area (TPSA) is 35.2 Å². The molecule has 2 nitrogen and oxygen atoms in total. The van der Waals surface area contributed by atoms with E-state index in [4.69, 9.17) is 10.5 Å². The molecular weight excluding hydrogens is 258 g/mol. The summed E-state index contributed by atoms with van der Waals surface area (Å²) >= 11 is 0. The molecule has 1 rings (SSSR count). The molecule has 0 radical (unpaired) electrons. The van der Waals surface area contributed by atoms with E-state index in [2.05, 4.69) is 52.0 Å². The van der Waals surface area contributed by atoms with Crippen LogP contribution in [0, 0.1) is 11.8 Å². The highest BCUT2D eigenvalue weighted by atomic mass is 16.5. The molecule has 0 spiro atoms. The van der Waals surface area contributed by atoms with E-state index in [-0.39, 0.29) is 0 Å². The third-order valence-corrected chi connectivity index (χ3v) is 4.49. The summed E-state index contributed by atoms with van der Waals surface area (Å²) in [5, 5.41) is 0. The average Bonchev–Trinajstić information content (AvgIpc) is 2.52. The highest BCUT2D eigenvalue weighted by Crippen LogP contribution is 2.27. The average molecular weight is 291 g/mol. The summed E-state index contributed by atoms with van der Waals surface area (Å²) < 4.78 is 6.05. The van der Waals surface area contributed by atoms with Crippen LogP contribution in [0.15, 0.2) is 24.3 Å². The summed E-state index contributed by atoms with van der Waals surface area (Å²) in [5.41, 5.74) is 7.11. The summed E-state index contributed by atoms with van der Waals surface area (Å²) in [6.07, 6.45) is 4.99.